The summed E-state index contributed by atoms with van der Waals surface area (Å²) < 4.78 is 0. The van der Waals surface area contributed by atoms with Gasteiger partial charge in [-0.05, 0) is 46.3 Å². The van der Waals surface area contributed by atoms with Gasteiger partial charge in [-0.2, -0.15) is 0 Å². The molecule has 2 saturated heterocycles. The highest BCUT2D eigenvalue weighted by Crippen LogP contribution is 2.17. The number of hydrogen-bond donors (Lipinski definition) is 1. The zero-order valence-electron chi connectivity index (χ0n) is 10.2. The Bertz CT molecular complexity index is 195. The molecule has 2 aliphatic rings. The summed E-state index contributed by atoms with van der Waals surface area (Å²) in [6, 6.07) is 1.53. The third-order valence-corrected chi connectivity index (χ3v) is 3.84. The standard InChI is InChI=1S/C12H25N3/c1-11-10-15(9-6-13-11)12-4-3-7-14(2)8-5-12/h11-13H,3-10H2,1-2H3. The van der Waals surface area contributed by atoms with Gasteiger partial charge in [-0.3, -0.25) is 4.90 Å². The van der Waals surface area contributed by atoms with E-state index >= 15 is 0 Å². The normalized spacial score (nSPS) is 36.4. The highest BCUT2D eigenvalue weighted by molar-refractivity contribution is 4.83. The van der Waals surface area contributed by atoms with Gasteiger partial charge in [0.25, 0.3) is 0 Å². The number of piperazine rings is 1. The highest BCUT2D eigenvalue weighted by atomic mass is 15.2. The van der Waals surface area contributed by atoms with E-state index in [-0.39, 0.29) is 0 Å². The predicted octanol–water partition coefficient (Wildman–Crippen LogP) is 0.764. The van der Waals surface area contributed by atoms with Crippen LogP contribution in [0.4, 0.5) is 0 Å². The fourth-order valence-corrected chi connectivity index (χ4v) is 2.88. The van der Waals surface area contributed by atoms with Crippen LogP contribution in [0.2, 0.25) is 0 Å². The lowest BCUT2D eigenvalue weighted by Crippen LogP contribution is -2.52. The van der Waals surface area contributed by atoms with Gasteiger partial charge in [-0.15, -0.1) is 0 Å². The molecule has 1 N–H and O–H groups in total. The van der Waals surface area contributed by atoms with E-state index in [0.717, 1.165) is 6.04 Å². The predicted molar refractivity (Wildman–Crippen MR) is 64.2 cm³/mol. The highest BCUT2D eigenvalue weighted by Gasteiger charge is 2.24. The van der Waals surface area contributed by atoms with Crippen molar-refractivity contribution >= 4 is 0 Å². The Labute approximate surface area is 93.8 Å². The summed E-state index contributed by atoms with van der Waals surface area (Å²) in [4.78, 5) is 5.19. The second-order valence-electron chi connectivity index (χ2n) is 5.24. The number of likely N-dealkylation sites (tertiary alicyclic amines) is 1. The molecule has 3 nitrogen and oxygen atoms in total. The first-order chi connectivity index (χ1) is 7.25. The third-order valence-electron chi connectivity index (χ3n) is 3.84. The Morgan fingerprint density at radius 1 is 1.13 bits per heavy atom. The molecule has 0 spiro atoms. The number of nitrogens with zero attached hydrogens (tertiary/aromatic N) is 2. The summed E-state index contributed by atoms with van der Waals surface area (Å²) in [7, 11) is 2.25. The van der Waals surface area contributed by atoms with Gasteiger partial charge >= 0.3 is 0 Å². The van der Waals surface area contributed by atoms with Crippen molar-refractivity contribution < 1.29 is 0 Å². The Balaban J connectivity index is 1.85. The van der Waals surface area contributed by atoms with E-state index in [1.54, 1.807) is 0 Å². The summed E-state index contributed by atoms with van der Waals surface area (Å²) >= 11 is 0. The molecule has 2 fully saturated rings. The molecular formula is C12H25N3. The van der Waals surface area contributed by atoms with Crippen LogP contribution in [0.5, 0.6) is 0 Å². The average Bonchev–Trinajstić information content (AvgIpc) is 2.43. The molecule has 0 bridgehead atoms. The number of nitrogens with one attached hydrogen (secondary N) is 1. The molecular weight excluding hydrogens is 186 g/mol. The van der Waals surface area contributed by atoms with Crippen LogP contribution < -0.4 is 5.32 Å². The van der Waals surface area contributed by atoms with Crippen LogP contribution in [0.1, 0.15) is 26.2 Å². The van der Waals surface area contributed by atoms with Crippen molar-refractivity contribution in [2.24, 2.45) is 0 Å². The molecule has 0 aliphatic carbocycles. The molecule has 2 aliphatic heterocycles. The van der Waals surface area contributed by atoms with E-state index in [0.29, 0.717) is 6.04 Å². The van der Waals surface area contributed by atoms with Crippen LogP contribution in [-0.4, -0.2) is 61.7 Å². The van der Waals surface area contributed by atoms with Gasteiger partial charge in [-0.25, -0.2) is 0 Å². The Morgan fingerprint density at radius 2 is 2.00 bits per heavy atom. The van der Waals surface area contributed by atoms with Crippen LogP contribution in [0.15, 0.2) is 0 Å². The van der Waals surface area contributed by atoms with Crippen molar-refractivity contribution in [2.75, 3.05) is 39.8 Å². The smallest absolute Gasteiger partial charge is 0.0167 e. The first kappa shape index (κ1) is 11.4. The van der Waals surface area contributed by atoms with E-state index in [1.807, 2.05) is 0 Å². The minimum Gasteiger partial charge on any atom is -0.312 e. The van der Waals surface area contributed by atoms with Gasteiger partial charge in [0.15, 0.2) is 0 Å². The van der Waals surface area contributed by atoms with Crippen molar-refractivity contribution in [3.63, 3.8) is 0 Å². The second kappa shape index (κ2) is 5.28. The van der Waals surface area contributed by atoms with E-state index in [1.165, 1.54) is 52.0 Å². The first-order valence-corrected chi connectivity index (χ1v) is 6.41. The van der Waals surface area contributed by atoms with Gasteiger partial charge in [-0.1, -0.05) is 0 Å². The Morgan fingerprint density at radius 3 is 2.80 bits per heavy atom. The number of hydrogen-bond acceptors (Lipinski definition) is 3. The summed E-state index contributed by atoms with van der Waals surface area (Å²) in [5.41, 5.74) is 0. The fraction of sp³-hybridized carbons (Fsp3) is 1.00. The fourth-order valence-electron chi connectivity index (χ4n) is 2.88. The van der Waals surface area contributed by atoms with Crippen LogP contribution in [0.3, 0.4) is 0 Å². The van der Waals surface area contributed by atoms with E-state index in [4.69, 9.17) is 0 Å². The molecule has 0 radical (unpaired) electrons. The molecule has 0 saturated carbocycles. The molecule has 0 aromatic heterocycles. The second-order valence-corrected chi connectivity index (χ2v) is 5.24. The summed E-state index contributed by atoms with van der Waals surface area (Å²) in [6.45, 7) is 8.54. The lowest BCUT2D eigenvalue weighted by Gasteiger charge is -2.37. The lowest BCUT2D eigenvalue weighted by atomic mass is 10.1. The van der Waals surface area contributed by atoms with Gasteiger partial charge in [0, 0.05) is 31.7 Å². The molecule has 3 heteroatoms. The minimum absolute atomic E-state index is 0.680. The first-order valence-electron chi connectivity index (χ1n) is 6.41. The lowest BCUT2D eigenvalue weighted by molar-refractivity contribution is 0.136. The summed E-state index contributed by atoms with van der Waals surface area (Å²) in [5, 5.41) is 3.52. The quantitative estimate of drug-likeness (QED) is 0.691. The molecule has 88 valence electrons. The molecule has 2 unspecified atom stereocenters. The zero-order chi connectivity index (χ0) is 10.7. The van der Waals surface area contributed by atoms with Crippen LogP contribution >= 0.6 is 0 Å². The minimum atomic E-state index is 0.680. The molecule has 2 rings (SSSR count). The van der Waals surface area contributed by atoms with Crippen molar-refractivity contribution in [3.05, 3.63) is 0 Å². The summed E-state index contributed by atoms with van der Waals surface area (Å²) in [5.74, 6) is 0. The van der Waals surface area contributed by atoms with Crippen molar-refractivity contribution in [1.29, 1.82) is 0 Å². The zero-order valence-corrected chi connectivity index (χ0v) is 10.2. The maximum atomic E-state index is 3.52. The molecule has 0 aromatic rings. The van der Waals surface area contributed by atoms with Crippen molar-refractivity contribution in [1.82, 2.24) is 15.1 Å². The van der Waals surface area contributed by atoms with E-state index in [9.17, 15) is 0 Å². The molecule has 0 amide bonds. The molecule has 15 heavy (non-hydrogen) atoms. The van der Waals surface area contributed by atoms with Crippen LogP contribution in [0, 0.1) is 0 Å². The maximum absolute atomic E-state index is 3.52. The van der Waals surface area contributed by atoms with Gasteiger partial charge < -0.3 is 10.2 Å². The van der Waals surface area contributed by atoms with Crippen molar-refractivity contribution in [3.8, 4) is 0 Å². The Kier molecular flexibility index (Phi) is 4.00. The molecule has 2 atom stereocenters. The van der Waals surface area contributed by atoms with Gasteiger partial charge in [0.05, 0.1) is 0 Å². The van der Waals surface area contributed by atoms with Gasteiger partial charge in [0.2, 0.25) is 0 Å². The third kappa shape index (κ3) is 3.16. The molecule has 0 aromatic carbocycles. The monoisotopic (exact) mass is 211 g/mol. The topological polar surface area (TPSA) is 18.5 Å². The summed E-state index contributed by atoms with van der Waals surface area (Å²) in [6.07, 6.45) is 4.14. The van der Waals surface area contributed by atoms with Crippen molar-refractivity contribution in [2.45, 2.75) is 38.3 Å². The van der Waals surface area contributed by atoms with Crippen LogP contribution in [-0.2, 0) is 0 Å². The number of rotatable bonds is 1. The Hall–Kier alpha value is -0.120. The van der Waals surface area contributed by atoms with Crippen LogP contribution in [0.25, 0.3) is 0 Å². The largest absolute Gasteiger partial charge is 0.312 e. The van der Waals surface area contributed by atoms with E-state index in [2.05, 4.69) is 29.1 Å². The maximum Gasteiger partial charge on any atom is 0.0167 e. The average molecular weight is 211 g/mol. The SMILES string of the molecule is CC1CN(C2CCCN(C)CC2)CCN1. The molecule has 2 heterocycles. The van der Waals surface area contributed by atoms with Gasteiger partial charge in [0.1, 0.15) is 0 Å². The van der Waals surface area contributed by atoms with E-state index < -0.39 is 0 Å².